The second-order valence-corrected chi connectivity index (χ2v) is 5.58. The van der Waals surface area contributed by atoms with Crippen molar-refractivity contribution < 1.29 is 14.3 Å². The quantitative estimate of drug-likeness (QED) is 0.722. The average Bonchev–Trinajstić information content (AvgIpc) is 3.09. The van der Waals surface area contributed by atoms with Gasteiger partial charge in [-0.1, -0.05) is 0 Å². The Hall–Kier alpha value is -2.60. The Morgan fingerprint density at radius 2 is 2.00 bits per heavy atom. The first-order valence-corrected chi connectivity index (χ1v) is 7.70. The largest absolute Gasteiger partial charge is 0.462 e. The van der Waals surface area contributed by atoms with E-state index in [0.717, 1.165) is 10.2 Å². The summed E-state index contributed by atoms with van der Waals surface area (Å²) in [5.41, 5.74) is 2.54. The zero-order valence-corrected chi connectivity index (χ0v) is 12.7. The minimum Gasteiger partial charge on any atom is -0.462 e. The van der Waals surface area contributed by atoms with Crippen LogP contribution in [-0.2, 0) is 4.74 Å². The van der Waals surface area contributed by atoms with Crippen LogP contribution in [0.3, 0.4) is 0 Å². The normalized spacial score (nSPS) is 10.6. The summed E-state index contributed by atoms with van der Waals surface area (Å²) < 4.78 is 5.96. The summed E-state index contributed by atoms with van der Waals surface area (Å²) in [5, 5.41) is 4.76. The number of anilines is 1. The summed E-state index contributed by atoms with van der Waals surface area (Å²) in [6, 6.07) is 10.4. The number of carbonyl (C=O) groups is 2. The topological polar surface area (TPSA) is 71.2 Å². The number of rotatable bonds is 4. The fraction of sp³-hybridized carbons (Fsp3) is 0.125. The summed E-state index contributed by atoms with van der Waals surface area (Å²) in [5.74, 6) is -0.586. The number of nitrogens with one attached hydrogen (secondary N) is 2. The molecule has 2 heterocycles. The third-order valence-electron chi connectivity index (χ3n) is 3.14. The highest BCUT2D eigenvalue weighted by molar-refractivity contribution is 7.17. The van der Waals surface area contributed by atoms with Crippen LogP contribution in [0.2, 0.25) is 0 Å². The molecule has 5 nitrogen and oxygen atoms in total. The lowest BCUT2D eigenvalue weighted by Crippen LogP contribution is -2.12. The zero-order chi connectivity index (χ0) is 15.5. The Kier molecular flexibility index (Phi) is 3.93. The van der Waals surface area contributed by atoms with Gasteiger partial charge in [-0.05, 0) is 48.7 Å². The number of aromatic amines is 1. The van der Waals surface area contributed by atoms with Gasteiger partial charge in [-0.25, -0.2) is 4.79 Å². The maximum atomic E-state index is 12.2. The molecule has 0 aliphatic rings. The molecule has 22 heavy (non-hydrogen) atoms. The molecule has 0 atom stereocenters. The summed E-state index contributed by atoms with van der Waals surface area (Å²) in [7, 11) is 0. The van der Waals surface area contributed by atoms with Crippen LogP contribution >= 0.6 is 11.3 Å². The third-order valence-corrected chi connectivity index (χ3v) is 4.00. The number of amides is 1. The van der Waals surface area contributed by atoms with Gasteiger partial charge in [0.25, 0.3) is 5.91 Å². The number of hydrogen-bond acceptors (Lipinski definition) is 4. The molecular weight excluding hydrogens is 300 g/mol. The molecular formula is C16H14N2O3S. The van der Waals surface area contributed by atoms with Crippen LogP contribution in [0.1, 0.15) is 27.8 Å². The van der Waals surface area contributed by atoms with Crippen LogP contribution in [0.5, 0.6) is 0 Å². The Bertz CT molecular complexity index is 789. The molecule has 0 saturated carbocycles. The number of H-pyrrole nitrogens is 1. The predicted octanol–water partition coefficient (Wildman–Crippen LogP) is 3.66. The molecule has 0 bridgehead atoms. The minimum atomic E-state index is -0.370. The van der Waals surface area contributed by atoms with Crippen molar-refractivity contribution in [2.45, 2.75) is 6.92 Å². The molecule has 2 aromatic heterocycles. The van der Waals surface area contributed by atoms with E-state index in [0.29, 0.717) is 23.6 Å². The first-order valence-electron chi connectivity index (χ1n) is 6.82. The van der Waals surface area contributed by atoms with E-state index in [1.165, 1.54) is 0 Å². The number of thiophene rings is 1. The van der Waals surface area contributed by atoms with Gasteiger partial charge < -0.3 is 15.0 Å². The van der Waals surface area contributed by atoms with Gasteiger partial charge in [0.2, 0.25) is 0 Å². The second-order valence-electron chi connectivity index (χ2n) is 4.63. The van der Waals surface area contributed by atoms with E-state index in [2.05, 4.69) is 10.3 Å². The lowest BCUT2D eigenvalue weighted by atomic mass is 10.2. The lowest BCUT2D eigenvalue weighted by Gasteiger charge is -2.05. The summed E-state index contributed by atoms with van der Waals surface area (Å²) in [6.45, 7) is 2.09. The smallest absolute Gasteiger partial charge is 0.338 e. The van der Waals surface area contributed by atoms with Crippen molar-refractivity contribution in [2.24, 2.45) is 0 Å². The molecule has 0 saturated heterocycles. The van der Waals surface area contributed by atoms with E-state index < -0.39 is 0 Å². The molecule has 0 radical (unpaired) electrons. The van der Waals surface area contributed by atoms with Crippen molar-refractivity contribution in [3.05, 3.63) is 53.0 Å². The van der Waals surface area contributed by atoms with Crippen LogP contribution in [0.4, 0.5) is 5.69 Å². The van der Waals surface area contributed by atoms with Gasteiger partial charge in [-0.15, -0.1) is 11.3 Å². The average molecular weight is 314 g/mol. The maximum absolute atomic E-state index is 12.2. The van der Waals surface area contributed by atoms with Crippen LogP contribution in [-0.4, -0.2) is 23.5 Å². The zero-order valence-electron chi connectivity index (χ0n) is 11.9. The molecule has 0 fully saturated rings. The van der Waals surface area contributed by atoms with Crippen molar-refractivity contribution in [2.75, 3.05) is 11.9 Å². The second kappa shape index (κ2) is 6.03. The van der Waals surface area contributed by atoms with E-state index in [1.54, 1.807) is 42.5 Å². The molecule has 1 aromatic carbocycles. The van der Waals surface area contributed by atoms with Gasteiger partial charge in [-0.2, -0.15) is 0 Å². The van der Waals surface area contributed by atoms with Gasteiger partial charge in [0.05, 0.1) is 22.4 Å². The van der Waals surface area contributed by atoms with Gasteiger partial charge in [0.1, 0.15) is 5.69 Å². The van der Waals surface area contributed by atoms with Crippen LogP contribution in [0.25, 0.3) is 10.2 Å². The number of aromatic nitrogens is 1. The van der Waals surface area contributed by atoms with E-state index in [1.807, 2.05) is 17.5 Å². The Labute approximate surface area is 130 Å². The Morgan fingerprint density at radius 1 is 1.23 bits per heavy atom. The standard InChI is InChI=1S/C16H14N2O3S/c1-2-21-16(20)10-3-5-11(6-4-10)17-15(19)13-9-14-12(18-13)7-8-22-14/h3-9,18H,2H2,1H3,(H,17,19). The first kappa shape index (κ1) is 14.3. The fourth-order valence-corrected chi connectivity index (χ4v) is 2.86. The molecule has 6 heteroatoms. The van der Waals surface area contributed by atoms with Crippen molar-refractivity contribution >= 4 is 39.1 Å². The molecule has 1 amide bonds. The van der Waals surface area contributed by atoms with E-state index in [9.17, 15) is 9.59 Å². The van der Waals surface area contributed by atoms with Crippen LogP contribution < -0.4 is 5.32 Å². The van der Waals surface area contributed by atoms with Crippen LogP contribution in [0, 0.1) is 0 Å². The molecule has 3 rings (SSSR count). The summed E-state index contributed by atoms with van der Waals surface area (Å²) in [6.07, 6.45) is 0. The highest BCUT2D eigenvalue weighted by Gasteiger charge is 2.11. The van der Waals surface area contributed by atoms with E-state index in [-0.39, 0.29) is 11.9 Å². The molecule has 3 aromatic rings. The van der Waals surface area contributed by atoms with Crippen molar-refractivity contribution in [1.29, 1.82) is 0 Å². The third kappa shape index (κ3) is 2.87. The van der Waals surface area contributed by atoms with Crippen LogP contribution in [0.15, 0.2) is 41.8 Å². The minimum absolute atomic E-state index is 0.215. The summed E-state index contributed by atoms with van der Waals surface area (Å²) in [4.78, 5) is 26.8. The SMILES string of the molecule is CCOC(=O)c1ccc(NC(=O)c2cc3sccc3[nH]2)cc1. The van der Waals surface area contributed by atoms with E-state index >= 15 is 0 Å². The number of fused-ring (bicyclic) bond motifs is 1. The van der Waals surface area contributed by atoms with E-state index in [4.69, 9.17) is 4.74 Å². The Morgan fingerprint density at radius 3 is 2.68 bits per heavy atom. The van der Waals surface area contributed by atoms with Gasteiger partial charge in [0.15, 0.2) is 0 Å². The number of ether oxygens (including phenoxy) is 1. The van der Waals surface area contributed by atoms with Crippen molar-refractivity contribution in [3.8, 4) is 0 Å². The number of hydrogen-bond donors (Lipinski definition) is 2. The van der Waals surface area contributed by atoms with Gasteiger partial charge in [-0.3, -0.25) is 4.79 Å². The molecule has 0 spiro atoms. The molecule has 112 valence electrons. The maximum Gasteiger partial charge on any atom is 0.338 e. The lowest BCUT2D eigenvalue weighted by molar-refractivity contribution is 0.0526. The number of esters is 1. The number of carbonyl (C=O) groups excluding carboxylic acids is 2. The van der Waals surface area contributed by atoms with Crippen molar-refractivity contribution in [3.63, 3.8) is 0 Å². The number of benzene rings is 1. The highest BCUT2D eigenvalue weighted by atomic mass is 32.1. The monoisotopic (exact) mass is 314 g/mol. The molecule has 0 aliphatic carbocycles. The first-order chi connectivity index (χ1) is 10.7. The molecule has 0 unspecified atom stereocenters. The van der Waals surface area contributed by atoms with Gasteiger partial charge >= 0.3 is 5.97 Å². The highest BCUT2D eigenvalue weighted by Crippen LogP contribution is 2.22. The Balaban J connectivity index is 1.71. The molecule has 0 aliphatic heterocycles. The molecule has 2 N–H and O–H groups in total. The predicted molar refractivity (Wildman–Crippen MR) is 86.5 cm³/mol. The van der Waals surface area contributed by atoms with Gasteiger partial charge in [0, 0.05) is 5.69 Å². The fourth-order valence-electron chi connectivity index (χ4n) is 2.07. The van der Waals surface area contributed by atoms with Crippen molar-refractivity contribution in [1.82, 2.24) is 4.98 Å². The summed E-state index contributed by atoms with van der Waals surface area (Å²) >= 11 is 1.58.